The number of amides is 2. The predicted octanol–water partition coefficient (Wildman–Crippen LogP) is 1.17. The van der Waals surface area contributed by atoms with Crippen molar-refractivity contribution < 1.29 is 14.3 Å². The van der Waals surface area contributed by atoms with Crippen molar-refractivity contribution in [3.05, 3.63) is 83.4 Å². The molecule has 0 fully saturated rings. The van der Waals surface area contributed by atoms with Gasteiger partial charge in [-0.25, -0.2) is 10.1 Å². The van der Waals surface area contributed by atoms with Crippen molar-refractivity contribution >= 4 is 17.6 Å². The van der Waals surface area contributed by atoms with Crippen molar-refractivity contribution in [1.29, 1.82) is 0 Å². The molecule has 0 saturated carbocycles. The number of hydrogen-bond donors (Lipinski definition) is 3. The maximum atomic E-state index is 13.0. The fraction of sp³-hybridized carbons (Fsp3) is 0.130. The number of tetrazole rings is 1. The van der Waals surface area contributed by atoms with Crippen LogP contribution >= 0.6 is 0 Å². The van der Waals surface area contributed by atoms with E-state index in [1.807, 2.05) is 48.5 Å². The van der Waals surface area contributed by atoms with Crippen LogP contribution in [0.3, 0.4) is 0 Å². The summed E-state index contributed by atoms with van der Waals surface area (Å²) in [5.41, 5.74) is 2.72. The number of H-pyrrole nitrogens is 1. The molecular weight excluding hydrogens is 464 g/mol. The van der Waals surface area contributed by atoms with Crippen LogP contribution in [0.15, 0.2) is 60.9 Å². The summed E-state index contributed by atoms with van der Waals surface area (Å²) in [6.07, 6.45) is 1.27. The van der Waals surface area contributed by atoms with Crippen molar-refractivity contribution in [3.8, 4) is 17.1 Å². The third-order valence-corrected chi connectivity index (χ3v) is 5.33. The number of nitrogens with one attached hydrogen (secondary N) is 3. The standard InChI is InChI=1S/C23H20N10O3/c1-36-17-4-2-3-15(9-17)12-24-21(34)18-10-19(33-23(28-18)26-13-27-33)22(35)25-11-14-5-7-16(8-6-14)20-29-31-32-30-20/h2-10,13H,11-12H2,1H3,(H,24,34)(H,25,35)(H,29,30,31,32). The number of carbonyl (C=O) groups is 2. The van der Waals surface area contributed by atoms with Gasteiger partial charge in [-0.15, -0.1) is 5.10 Å². The van der Waals surface area contributed by atoms with E-state index in [1.54, 1.807) is 7.11 Å². The van der Waals surface area contributed by atoms with E-state index in [-0.39, 0.29) is 30.3 Å². The number of aromatic amines is 1. The molecule has 0 spiro atoms. The molecule has 36 heavy (non-hydrogen) atoms. The number of methoxy groups -OCH3 is 1. The summed E-state index contributed by atoms with van der Waals surface area (Å²) in [6, 6.07) is 16.1. The molecule has 3 aromatic heterocycles. The molecule has 2 amide bonds. The highest BCUT2D eigenvalue weighted by Gasteiger charge is 2.18. The van der Waals surface area contributed by atoms with Crippen molar-refractivity contribution in [2.24, 2.45) is 0 Å². The van der Waals surface area contributed by atoms with Gasteiger partial charge in [0, 0.05) is 24.7 Å². The van der Waals surface area contributed by atoms with Crippen LogP contribution in [-0.4, -0.2) is 59.1 Å². The number of rotatable bonds is 8. The van der Waals surface area contributed by atoms with E-state index in [1.165, 1.54) is 16.9 Å². The summed E-state index contributed by atoms with van der Waals surface area (Å²) in [7, 11) is 1.58. The number of fused-ring (bicyclic) bond motifs is 1. The zero-order valence-electron chi connectivity index (χ0n) is 19.0. The van der Waals surface area contributed by atoms with Gasteiger partial charge >= 0.3 is 0 Å². The Hall–Kier alpha value is -5.20. The van der Waals surface area contributed by atoms with E-state index < -0.39 is 11.8 Å². The topological polar surface area (TPSA) is 165 Å². The normalized spacial score (nSPS) is 10.8. The van der Waals surface area contributed by atoms with Crippen molar-refractivity contribution in [1.82, 2.24) is 50.8 Å². The lowest BCUT2D eigenvalue weighted by molar-refractivity contribution is 0.0942. The second kappa shape index (κ2) is 9.97. The average molecular weight is 484 g/mol. The first-order valence-electron chi connectivity index (χ1n) is 10.8. The molecule has 13 heteroatoms. The monoisotopic (exact) mass is 484 g/mol. The Morgan fingerprint density at radius 3 is 2.58 bits per heavy atom. The highest BCUT2D eigenvalue weighted by molar-refractivity contribution is 5.98. The minimum Gasteiger partial charge on any atom is -0.497 e. The summed E-state index contributed by atoms with van der Waals surface area (Å²) in [6.45, 7) is 0.515. The van der Waals surface area contributed by atoms with Gasteiger partial charge in [-0.1, -0.05) is 36.4 Å². The Morgan fingerprint density at radius 2 is 1.81 bits per heavy atom. The van der Waals surface area contributed by atoms with Crippen molar-refractivity contribution in [2.75, 3.05) is 7.11 Å². The smallest absolute Gasteiger partial charge is 0.270 e. The Balaban J connectivity index is 1.29. The van der Waals surface area contributed by atoms with E-state index in [0.29, 0.717) is 11.6 Å². The molecule has 3 N–H and O–H groups in total. The summed E-state index contributed by atoms with van der Waals surface area (Å²) in [5, 5.41) is 23.4. The average Bonchev–Trinajstić information content (AvgIpc) is 3.63. The zero-order valence-corrected chi connectivity index (χ0v) is 19.0. The maximum Gasteiger partial charge on any atom is 0.270 e. The lowest BCUT2D eigenvalue weighted by Crippen LogP contribution is -2.28. The lowest BCUT2D eigenvalue weighted by atomic mass is 10.1. The third kappa shape index (κ3) is 4.84. The van der Waals surface area contributed by atoms with E-state index in [0.717, 1.165) is 16.7 Å². The van der Waals surface area contributed by atoms with Gasteiger partial charge in [0.1, 0.15) is 23.5 Å². The number of nitrogens with zero attached hydrogens (tertiary/aromatic N) is 7. The molecular formula is C23H20N10O3. The highest BCUT2D eigenvalue weighted by atomic mass is 16.5. The Labute approximate surface area is 203 Å². The first kappa shape index (κ1) is 22.6. The first-order valence-corrected chi connectivity index (χ1v) is 10.8. The Morgan fingerprint density at radius 1 is 1.00 bits per heavy atom. The second-order valence-corrected chi connectivity index (χ2v) is 7.66. The molecule has 2 aromatic carbocycles. The zero-order chi connectivity index (χ0) is 24.9. The quantitative estimate of drug-likeness (QED) is 0.293. The van der Waals surface area contributed by atoms with E-state index >= 15 is 0 Å². The van der Waals surface area contributed by atoms with Crippen LogP contribution in [-0.2, 0) is 13.1 Å². The van der Waals surface area contributed by atoms with E-state index in [2.05, 4.69) is 46.3 Å². The Kier molecular flexibility index (Phi) is 6.25. The molecule has 0 aliphatic carbocycles. The van der Waals surface area contributed by atoms with Gasteiger partial charge in [0.15, 0.2) is 5.82 Å². The minimum atomic E-state index is -0.449. The largest absolute Gasteiger partial charge is 0.497 e. The second-order valence-electron chi connectivity index (χ2n) is 7.66. The SMILES string of the molecule is COc1cccc(CNC(=O)c2cc(C(=O)NCc3ccc(-c4nnn[nH]4)cc3)n3ncnc3n2)c1. The molecule has 180 valence electrons. The predicted molar refractivity (Wildman–Crippen MR) is 126 cm³/mol. The van der Waals surface area contributed by atoms with Crippen molar-refractivity contribution in [2.45, 2.75) is 13.1 Å². The van der Waals surface area contributed by atoms with E-state index in [4.69, 9.17) is 4.74 Å². The third-order valence-electron chi connectivity index (χ3n) is 5.33. The number of ether oxygens (including phenoxy) is 1. The van der Waals surface area contributed by atoms with Crippen molar-refractivity contribution in [3.63, 3.8) is 0 Å². The molecule has 0 aliphatic rings. The summed E-state index contributed by atoms with van der Waals surface area (Å²) in [4.78, 5) is 34.1. The van der Waals surface area contributed by atoms with Crippen LogP contribution in [0.2, 0.25) is 0 Å². The Bertz CT molecular complexity index is 1510. The van der Waals surface area contributed by atoms with Crippen LogP contribution in [0.4, 0.5) is 0 Å². The van der Waals surface area contributed by atoms with Crippen LogP contribution in [0.1, 0.15) is 32.1 Å². The maximum absolute atomic E-state index is 13.0. The van der Waals surface area contributed by atoms with Gasteiger partial charge in [-0.2, -0.15) is 14.6 Å². The molecule has 13 nitrogen and oxygen atoms in total. The van der Waals surface area contributed by atoms with Gasteiger partial charge in [-0.3, -0.25) is 9.59 Å². The van der Waals surface area contributed by atoms with Gasteiger partial charge in [0.2, 0.25) is 0 Å². The molecule has 5 aromatic rings. The van der Waals surface area contributed by atoms with E-state index in [9.17, 15) is 9.59 Å². The lowest BCUT2D eigenvalue weighted by Gasteiger charge is -2.10. The molecule has 0 unspecified atom stereocenters. The molecule has 0 radical (unpaired) electrons. The van der Waals surface area contributed by atoms with Gasteiger partial charge < -0.3 is 15.4 Å². The fourth-order valence-electron chi connectivity index (χ4n) is 3.48. The number of hydrogen-bond acceptors (Lipinski definition) is 9. The first-order chi connectivity index (χ1) is 17.6. The number of aromatic nitrogens is 8. The molecule has 0 aliphatic heterocycles. The fourth-order valence-corrected chi connectivity index (χ4v) is 3.48. The summed E-state index contributed by atoms with van der Waals surface area (Å²) >= 11 is 0. The highest BCUT2D eigenvalue weighted by Crippen LogP contribution is 2.15. The minimum absolute atomic E-state index is 0.0496. The number of carbonyl (C=O) groups excluding carboxylic acids is 2. The van der Waals surface area contributed by atoms with Crippen LogP contribution in [0.5, 0.6) is 5.75 Å². The van der Waals surface area contributed by atoms with Gasteiger partial charge in [-0.05, 0) is 33.7 Å². The van der Waals surface area contributed by atoms with Crippen LogP contribution in [0.25, 0.3) is 17.2 Å². The summed E-state index contributed by atoms with van der Waals surface area (Å²) < 4.78 is 6.49. The molecule has 5 rings (SSSR count). The van der Waals surface area contributed by atoms with Crippen LogP contribution < -0.4 is 15.4 Å². The number of benzene rings is 2. The molecule has 3 heterocycles. The molecule has 0 bridgehead atoms. The van der Waals surface area contributed by atoms with Crippen LogP contribution in [0, 0.1) is 0 Å². The summed E-state index contributed by atoms with van der Waals surface area (Å²) in [5.74, 6) is 0.494. The molecule has 0 saturated heterocycles. The van der Waals surface area contributed by atoms with Gasteiger partial charge in [0.25, 0.3) is 17.6 Å². The van der Waals surface area contributed by atoms with Gasteiger partial charge in [0.05, 0.1) is 7.11 Å². The molecule has 0 atom stereocenters.